The highest BCUT2D eigenvalue weighted by molar-refractivity contribution is 7.80. The van der Waals surface area contributed by atoms with Gasteiger partial charge < -0.3 is 30.8 Å². The second-order valence-electron chi connectivity index (χ2n) is 8.79. The molecule has 9 heteroatoms. The van der Waals surface area contributed by atoms with Gasteiger partial charge in [-0.05, 0) is 24.3 Å². The molecular formula is C27H29NO7S. The fraction of sp³-hybridized carbons (Fsp3) is 0.259. The third-order valence-corrected chi connectivity index (χ3v) is 6.20. The van der Waals surface area contributed by atoms with Crippen LogP contribution in [0, 0.1) is 0 Å². The van der Waals surface area contributed by atoms with Crippen LogP contribution in [0.1, 0.15) is 41.2 Å². The number of rotatable bonds is 10. The molecule has 0 fully saturated rings. The van der Waals surface area contributed by atoms with Gasteiger partial charge in [0.2, 0.25) is 17.5 Å². The summed E-state index contributed by atoms with van der Waals surface area (Å²) in [5.41, 5.74) is -1.70. The van der Waals surface area contributed by atoms with E-state index in [1.807, 2.05) is 0 Å². The van der Waals surface area contributed by atoms with E-state index in [2.05, 4.69) is 17.9 Å². The molecule has 1 amide bonds. The lowest BCUT2D eigenvalue weighted by atomic mass is 9.83. The molecule has 3 aromatic carbocycles. The van der Waals surface area contributed by atoms with Gasteiger partial charge in [-0.1, -0.05) is 72.8 Å². The molecular weight excluding hydrogens is 482 g/mol. The number of carboxylic acid groups (broad SMARTS) is 1. The van der Waals surface area contributed by atoms with Gasteiger partial charge in [0, 0.05) is 35.1 Å². The highest BCUT2D eigenvalue weighted by atomic mass is 32.1. The van der Waals surface area contributed by atoms with Crippen molar-refractivity contribution >= 4 is 24.5 Å². The van der Waals surface area contributed by atoms with Crippen LogP contribution in [0.3, 0.4) is 0 Å². The van der Waals surface area contributed by atoms with E-state index in [0.29, 0.717) is 5.56 Å². The largest absolute Gasteiger partial charge is 0.480 e. The number of carboxylic acids is 1. The molecule has 0 saturated heterocycles. The molecule has 190 valence electrons. The van der Waals surface area contributed by atoms with Crippen LogP contribution in [0.25, 0.3) is 0 Å². The average molecular weight is 512 g/mol. The first kappa shape index (κ1) is 27.4. The Kier molecular flexibility index (Phi) is 8.22. The van der Waals surface area contributed by atoms with E-state index in [9.17, 15) is 35.1 Å². The van der Waals surface area contributed by atoms with Crippen molar-refractivity contribution in [1.82, 2.24) is 5.32 Å². The number of thiol groups is 1. The van der Waals surface area contributed by atoms with Gasteiger partial charge in [-0.25, -0.2) is 4.79 Å². The summed E-state index contributed by atoms with van der Waals surface area (Å²) in [6.07, 6.45) is -0.191. The van der Waals surface area contributed by atoms with Gasteiger partial charge in [0.25, 0.3) is 0 Å². The lowest BCUT2D eigenvalue weighted by Crippen LogP contribution is -2.53. The molecule has 0 radical (unpaired) electrons. The number of hydrogen-bond acceptors (Lipinski definition) is 7. The van der Waals surface area contributed by atoms with Crippen LogP contribution in [0.15, 0.2) is 78.9 Å². The summed E-state index contributed by atoms with van der Waals surface area (Å²) >= 11 is 4.00. The minimum atomic E-state index is -2.66. The van der Waals surface area contributed by atoms with E-state index in [0.717, 1.165) is 0 Å². The fourth-order valence-electron chi connectivity index (χ4n) is 4.00. The molecule has 0 spiro atoms. The topological polar surface area (TPSA) is 147 Å². The second-order valence-corrected chi connectivity index (χ2v) is 9.24. The Morgan fingerprint density at radius 3 is 1.78 bits per heavy atom. The van der Waals surface area contributed by atoms with Crippen molar-refractivity contribution in [3.05, 3.63) is 107 Å². The summed E-state index contributed by atoms with van der Waals surface area (Å²) in [5.74, 6) is -6.80. The first-order valence-electron chi connectivity index (χ1n) is 11.2. The Hall–Kier alpha value is -3.21. The van der Waals surface area contributed by atoms with Crippen LogP contribution in [0.4, 0.5) is 0 Å². The highest BCUT2D eigenvalue weighted by Gasteiger charge is 2.41. The Bertz CT molecular complexity index is 1220. The number of hydrogen-bond donors (Lipinski definition) is 7. The van der Waals surface area contributed by atoms with Gasteiger partial charge >= 0.3 is 5.97 Å². The third-order valence-electron chi connectivity index (χ3n) is 5.97. The zero-order chi connectivity index (χ0) is 26.6. The van der Waals surface area contributed by atoms with Gasteiger partial charge in [-0.15, -0.1) is 0 Å². The summed E-state index contributed by atoms with van der Waals surface area (Å²) in [5, 5.41) is 57.0. The minimum absolute atomic E-state index is 0.0230. The zero-order valence-electron chi connectivity index (χ0n) is 19.6. The zero-order valence-corrected chi connectivity index (χ0v) is 20.5. The lowest BCUT2D eigenvalue weighted by molar-refractivity contribution is -0.154. The molecule has 0 bridgehead atoms. The summed E-state index contributed by atoms with van der Waals surface area (Å²) in [6.45, 7) is 1.34. The van der Waals surface area contributed by atoms with Crippen LogP contribution in [0.5, 0.6) is 0 Å². The van der Waals surface area contributed by atoms with Gasteiger partial charge in [-0.3, -0.25) is 4.79 Å². The van der Waals surface area contributed by atoms with Crippen molar-refractivity contribution in [1.29, 1.82) is 0 Å². The van der Waals surface area contributed by atoms with Crippen molar-refractivity contribution in [2.75, 3.05) is 5.75 Å². The van der Waals surface area contributed by atoms with Gasteiger partial charge in [0.05, 0.1) is 0 Å². The molecule has 0 saturated carbocycles. The summed E-state index contributed by atoms with van der Waals surface area (Å²) in [7, 11) is 0. The SMILES string of the molecule is C[C@@](Cc1ccc(C(O)(O)c2ccccc2)c(C(O)(O)c2ccccc2)c1)(NC(=O)CCS)C(=O)O. The molecule has 8 nitrogen and oxygen atoms in total. The Morgan fingerprint density at radius 2 is 1.31 bits per heavy atom. The van der Waals surface area contributed by atoms with Crippen molar-refractivity contribution in [2.45, 2.75) is 36.9 Å². The normalized spacial score (nSPS) is 13.6. The molecule has 36 heavy (non-hydrogen) atoms. The van der Waals surface area contributed by atoms with E-state index in [4.69, 9.17) is 0 Å². The molecule has 6 N–H and O–H groups in total. The van der Waals surface area contributed by atoms with Crippen molar-refractivity contribution < 1.29 is 35.1 Å². The number of nitrogens with one attached hydrogen (secondary N) is 1. The van der Waals surface area contributed by atoms with Crippen LogP contribution in [-0.2, 0) is 27.6 Å². The number of aliphatic hydroxyl groups is 4. The fourth-order valence-corrected chi connectivity index (χ4v) is 4.20. The molecule has 0 aliphatic carbocycles. The van der Waals surface area contributed by atoms with E-state index in [1.54, 1.807) is 36.4 Å². The van der Waals surface area contributed by atoms with Crippen molar-refractivity contribution in [3.8, 4) is 0 Å². The summed E-state index contributed by atoms with van der Waals surface area (Å²) in [6, 6.07) is 19.8. The highest BCUT2D eigenvalue weighted by Crippen LogP contribution is 2.38. The predicted octanol–water partition coefficient (Wildman–Crippen LogP) is 1.88. The van der Waals surface area contributed by atoms with Crippen LogP contribution in [0.2, 0.25) is 0 Å². The molecule has 3 aromatic rings. The van der Waals surface area contributed by atoms with Gasteiger partial charge in [-0.2, -0.15) is 12.6 Å². The molecule has 0 aliphatic heterocycles. The van der Waals surface area contributed by atoms with E-state index in [1.165, 1.54) is 49.4 Å². The number of carbonyl (C=O) groups is 2. The van der Waals surface area contributed by atoms with Gasteiger partial charge in [0.15, 0.2) is 0 Å². The first-order chi connectivity index (χ1) is 16.9. The molecule has 0 aliphatic rings. The smallest absolute Gasteiger partial charge is 0.329 e. The maximum atomic E-state index is 12.1. The maximum absolute atomic E-state index is 12.1. The molecule has 1 atom stereocenters. The standard InChI is InChI=1S/C27H29NO7S/c1-25(24(30)31,28-23(29)14-15-36)17-18-12-13-21(26(32,33)19-8-4-2-5-9-19)22(16-18)27(34,35)20-10-6-3-7-11-20/h2-13,16,32-36H,14-15,17H2,1H3,(H,28,29)(H,30,31)/t25-/m0/s1. The number of aliphatic carboxylic acids is 1. The van der Waals surface area contributed by atoms with Gasteiger partial charge in [0.1, 0.15) is 5.54 Å². The lowest BCUT2D eigenvalue weighted by Gasteiger charge is -2.32. The van der Waals surface area contributed by atoms with Crippen LogP contribution >= 0.6 is 12.6 Å². The number of carbonyl (C=O) groups excluding carboxylic acids is 1. The van der Waals surface area contributed by atoms with E-state index in [-0.39, 0.29) is 40.8 Å². The van der Waals surface area contributed by atoms with Crippen molar-refractivity contribution in [2.24, 2.45) is 0 Å². The molecule has 3 rings (SSSR count). The average Bonchev–Trinajstić information content (AvgIpc) is 2.85. The molecule has 0 aromatic heterocycles. The summed E-state index contributed by atoms with van der Waals surface area (Å²) in [4.78, 5) is 24.2. The Morgan fingerprint density at radius 1 is 0.806 bits per heavy atom. The quantitative estimate of drug-likeness (QED) is 0.162. The second kappa shape index (κ2) is 10.8. The third kappa shape index (κ3) is 5.77. The monoisotopic (exact) mass is 511 g/mol. The molecule has 0 unspecified atom stereocenters. The minimum Gasteiger partial charge on any atom is -0.480 e. The predicted molar refractivity (Wildman–Crippen MR) is 136 cm³/mol. The number of benzene rings is 3. The Labute approximate surface area is 214 Å². The maximum Gasteiger partial charge on any atom is 0.329 e. The first-order valence-corrected chi connectivity index (χ1v) is 11.8. The number of amides is 1. The Balaban J connectivity index is 2.15. The summed E-state index contributed by atoms with van der Waals surface area (Å²) < 4.78 is 0. The van der Waals surface area contributed by atoms with Crippen LogP contribution < -0.4 is 5.32 Å². The van der Waals surface area contributed by atoms with Crippen molar-refractivity contribution in [3.63, 3.8) is 0 Å². The molecule has 0 heterocycles. The van der Waals surface area contributed by atoms with E-state index >= 15 is 0 Å². The van der Waals surface area contributed by atoms with E-state index < -0.39 is 29.0 Å². The van der Waals surface area contributed by atoms with Crippen LogP contribution in [-0.4, -0.2) is 48.7 Å².